The molecular formula is C34H47NO2. The molecule has 0 saturated carbocycles. The molecule has 2 unspecified atom stereocenters. The lowest BCUT2D eigenvalue weighted by atomic mass is 9.86. The summed E-state index contributed by atoms with van der Waals surface area (Å²) < 4.78 is 6.56. The van der Waals surface area contributed by atoms with Gasteiger partial charge in [-0.05, 0) is 79.4 Å². The Balaban J connectivity index is 0.000000222. The summed E-state index contributed by atoms with van der Waals surface area (Å²) in [5.74, 6) is 0. The van der Waals surface area contributed by atoms with Gasteiger partial charge in [0.25, 0.3) is 0 Å². The number of hydrogen-bond acceptors (Lipinski definition) is 3. The van der Waals surface area contributed by atoms with Crippen molar-refractivity contribution in [1.82, 2.24) is 5.32 Å². The van der Waals surface area contributed by atoms with Crippen LogP contribution in [-0.4, -0.2) is 24.3 Å². The van der Waals surface area contributed by atoms with E-state index in [1.165, 1.54) is 27.8 Å². The van der Waals surface area contributed by atoms with E-state index in [0.29, 0.717) is 6.10 Å². The van der Waals surface area contributed by atoms with Gasteiger partial charge in [0.2, 0.25) is 0 Å². The van der Waals surface area contributed by atoms with Crippen molar-refractivity contribution in [2.45, 2.75) is 91.0 Å². The van der Waals surface area contributed by atoms with Gasteiger partial charge >= 0.3 is 0 Å². The Morgan fingerprint density at radius 1 is 0.892 bits per heavy atom. The van der Waals surface area contributed by atoms with Gasteiger partial charge in [-0.15, -0.1) is 0 Å². The average molecular weight is 502 g/mol. The third-order valence-electron chi connectivity index (χ3n) is 7.15. The van der Waals surface area contributed by atoms with Gasteiger partial charge in [0.05, 0.1) is 12.2 Å². The standard InChI is InChI=1S/C20H25NO.C14H22O/c1-15-6-5-8-17(14-15)20(19-9-4-3-7-16(19)2)22-18-10-12-21-13-11-18;1-5-6-13(15)11-7-9-12(10-8-11)14(2,3)4/h3-9,14,18,20-21H,10-13H2,1-2H3;7-10,13,15H,5-6H2,1-4H3. The zero-order chi connectivity index (χ0) is 26.8. The highest BCUT2D eigenvalue weighted by molar-refractivity contribution is 5.37. The molecule has 1 saturated heterocycles. The average Bonchev–Trinajstić information content (AvgIpc) is 2.88. The van der Waals surface area contributed by atoms with Crippen LogP contribution in [0.5, 0.6) is 0 Å². The highest BCUT2D eigenvalue weighted by atomic mass is 16.5. The molecule has 0 aromatic heterocycles. The van der Waals surface area contributed by atoms with E-state index in [2.05, 4.69) is 108 Å². The Labute approximate surface area is 225 Å². The summed E-state index contributed by atoms with van der Waals surface area (Å²) >= 11 is 0. The Kier molecular flexibility index (Phi) is 10.9. The summed E-state index contributed by atoms with van der Waals surface area (Å²) in [7, 11) is 0. The lowest BCUT2D eigenvalue weighted by Crippen LogP contribution is -2.33. The van der Waals surface area contributed by atoms with Crippen molar-refractivity contribution < 1.29 is 9.84 Å². The SMILES string of the molecule is CCCC(O)c1ccc(C(C)(C)C)cc1.Cc1cccc(C(OC2CCNCC2)c2ccccc2C)c1. The van der Waals surface area contributed by atoms with Crippen LogP contribution in [0.15, 0.2) is 72.8 Å². The van der Waals surface area contributed by atoms with Crippen molar-refractivity contribution in [2.24, 2.45) is 0 Å². The minimum Gasteiger partial charge on any atom is -0.388 e. The van der Waals surface area contributed by atoms with Gasteiger partial charge in [-0.25, -0.2) is 0 Å². The van der Waals surface area contributed by atoms with Crippen molar-refractivity contribution >= 4 is 0 Å². The van der Waals surface area contributed by atoms with Gasteiger partial charge in [0, 0.05) is 0 Å². The van der Waals surface area contributed by atoms with Crippen LogP contribution in [0, 0.1) is 13.8 Å². The third kappa shape index (κ3) is 8.81. The molecule has 3 aromatic carbocycles. The second-order valence-corrected chi connectivity index (χ2v) is 11.4. The summed E-state index contributed by atoms with van der Waals surface area (Å²) in [6, 6.07) is 25.6. The molecule has 3 aromatic rings. The van der Waals surface area contributed by atoms with Gasteiger partial charge in [-0.3, -0.25) is 0 Å². The lowest BCUT2D eigenvalue weighted by molar-refractivity contribution is -0.00832. The number of hydrogen-bond donors (Lipinski definition) is 2. The molecule has 4 rings (SSSR count). The van der Waals surface area contributed by atoms with Gasteiger partial charge < -0.3 is 15.2 Å². The number of aliphatic hydroxyl groups is 1. The van der Waals surface area contributed by atoms with Crippen molar-refractivity contribution in [2.75, 3.05) is 13.1 Å². The minimum absolute atomic E-state index is 0.0317. The summed E-state index contributed by atoms with van der Waals surface area (Å²) in [6.45, 7) is 15.1. The van der Waals surface area contributed by atoms with Crippen LogP contribution in [0.2, 0.25) is 0 Å². The molecule has 200 valence electrons. The van der Waals surface area contributed by atoms with E-state index in [9.17, 15) is 5.11 Å². The maximum absolute atomic E-state index is 9.81. The summed E-state index contributed by atoms with van der Waals surface area (Å²) in [5, 5.41) is 13.2. The Bertz CT molecular complexity index is 1080. The van der Waals surface area contributed by atoms with Gasteiger partial charge in [-0.1, -0.05) is 112 Å². The van der Waals surface area contributed by atoms with Crippen molar-refractivity contribution in [3.63, 3.8) is 0 Å². The van der Waals surface area contributed by atoms with Crippen LogP contribution in [-0.2, 0) is 10.2 Å². The largest absolute Gasteiger partial charge is 0.388 e. The van der Waals surface area contributed by atoms with E-state index >= 15 is 0 Å². The molecule has 2 atom stereocenters. The Morgan fingerprint density at radius 3 is 2.16 bits per heavy atom. The second-order valence-electron chi connectivity index (χ2n) is 11.4. The molecule has 0 bridgehead atoms. The van der Waals surface area contributed by atoms with Crippen LogP contribution in [0.1, 0.15) is 99.0 Å². The van der Waals surface area contributed by atoms with Crippen LogP contribution in [0.3, 0.4) is 0 Å². The molecule has 0 spiro atoms. The molecule has 1 aliphatic heterocycles. The number of aliphatic hydroxyl groups excluding tert-OH is 1. The fourth-order valence-electron chi connectivity index (χ4n) is 4.81. The monoisotopic (exact) mass is 501 g/mol. The van der Waals surface area contributed by atoms with E-state index in [1.807, 2.05) is 12.1 Å². The normalized spacial score (nSPS) is 16.0. The molecular weight excluding hydrogens is 454 g/mol. The first-order valence-electron chi connectivity index (χ1n) is 14.0. The van der Waals surface area contributed by atoms with E-state index in [0.717, 1.165) is 44.3 Å². The minimum atomic E-state index is -0.302. The van der Waals surface area contributed by atoms with E-state index in [4.69, 9.17) is 4.74 Å². The van der Waals surface area contributed by atoms with Crippen LogP contribution in [0.4, 0.5) is 0 Å². The fraction of sp³-hybridized carbons (Fsp3) is 0.471. The third-order valence-corrected chi connectivity index (χ3v) is 7.15. The van der Waals surface area contributed by atoms with Crippen LogP contribution in [0.25, 0.3) is 0 Å². The summed E-state index contributed by atoms with van der Waals surface area (Å²) in [6.07, 6.45) is 4.11. The predicted octanol–water partition coefficient (Wildman–Crippen LogP) is 7.98. The van der Waals surface area contributed by atoms with Gasteiger partial charge in [0.15, 0.2) is 0 Å². The lowest BCUT2D eigenvalue weighted by Gasteiger charge is -2.29. The van der Waals surface area contributed by atoms with E-state index in [-0.39, 0.29) is 17.6 Å². The Morgan fingerprint density at radius 2 is 1.57 bits per heavy atom. The number of benzene rings is 3. The summed E-state index contributed by atoms with van der Waals surface area (Å²) in [4.78, 5) is 0. The highest BCUT2D eigenvalue weighted by Gasteiger charge is 2.23. The molecule has 1 aliphatic rings. The molecule has 3 nitrogen and oxygen atoms in total. The van der Waals surface area contributed by atoms with Crippen molar-refractivity contribution in [3.05, 3.63) is 106 Å². The quantitative estimate of drug-likeness (QED) is 0.345. The number of ether oxygens (including phenoxy) is 1. The second kappa shape index (κ2) is 13.9. The molecule has 2 N–H and O–H groups in total. The molecule has 0 aliphatic carbocycles. The van der Waals surface area contributed by atoms with Gasteiger partial charge in [0.1, 0.15) is 6.10 Å². The molecule has 0 radical (unpaired) electrons. The summed E-state index contributed by atoms with van der Waals surface area (Å²) in [5.41, 5.74) is 7.65. The highest BCUT2D eigenvalue weighted by Crippen LogP contribution is 2.32. The topological polar surface area (TPSA) is 41.5 Å². The zero-order valence-corrected chi connectivity index (χ0v) is 23.8. The molecule has 3 heteroatoms. The van der Waals surface area contributed by atoms with Gasteiger partial charge in [-0.2, -0.15) is 0 Å². The van der Waals surface area contributed by atoms with E-state index < -0.39 is 0 Å². The molecule has 0 amide bonds. The fourth-order valence-corrected chi connectivity index (χ4v) is 4.81. The zero-order valence-electron chi connectivity index (χ0n) is 23.8. The first-order chi connectivity index (χ1) is 17.7. The number of piperidine rings is 1. The first kappa shape index (κ1) is 29.1. The van der Waals surface area contributed by atoms with Crippen LogP contribution < -0.4 is 5.32 Å². The van der Waals surface area contributed by atoms with E-state index in [1.54, 1.807) is 0 Å². The maximum Gasteiger partial charge on any atom is 0.108 e. The molecule has 1 heterocycles. The van der Waals surface area contributed by atoms with Crippen molar-refractivity contribution in [1.29, 1.82) is 0 Å². The maximum atomic E-state index is 9.81. The predicted molar refractivity (Wildman–Crippen MR) is 156 cm³/mol. The smallest absolute Gasteiger partial charge is 0.108 e. The molecule has 1 fully saturated rings. The number of aryl methyl sites for hydroxylation is 2. The van der Waals surface area contributed by atoms with Crippen LogP contribution >= 0.6 is 0 Å². The number of rotatable bonds is 7. The molecule has 37 heavy (non-hydrogen) atoms. The Hall–Kier alpha value is -2.46. The van der Waals surface area contributed by atoms with Crippen molar-refractivity contribution in [3.8, 4) is 0 Å². The first-order valence-corrected chi connectivity index (χ1v) is 14.0. The number of nitrogens with one attached hydrogen (secondary N) is 1.